The SMILES string of the molecule is CCNC1CCC(N(C)CC2CN(CC)CCO2)CC1. The first-order valence-electron chi connectivity index (χ1n) is 8.50. The Morgan fingerprint density at radius 2 is 1.95 bits per heavy atom. The number of nitrogens with zero attached hydrogens (tertiary/aromatic N) is 2. The normalized spacial score (nSPS) is 32.7. The maximum Gasteiger partial charge on any atom is 0.0829 e. The van der Waals surface area contributed by atoms with Crippen molar-refractivity contribution in [1.29, 1.82) is 0 Å². The Morgan fingerprint density at radius 3 is 2.60 bits per heavy atom. The molecule has 2 fully saturated rings. The molecule has 4 heteroatoms. The van der Waals surface area contributed by atoms with Gasteiger partial charge in [-0.1, -0.05) is 13.8 Å². The number of rotatable bonds is 6. The zero-order valence-electron chi connectivity index (χ0n) is 13.6. The summed E-state index contributed by atoms with van der Waals surface area (Å²) in [5.41, 5.74) is 0. The average molecular weight is 283 g/mol. The minimum Gasteiger partial charge on any atom is -0.374 e. The fourth-order valence-corrected chi connectivity index (χ4v) is 3.66. The number of nitrogens with one attached hydrogen (secondary N) is 1. The number of hydrogen-bond acceptors (Lipinski definition) is 4. The van der Waals surface area contributed by atoms with Crippen LogP contribution in [0.3, 0.4) is 0 Å². The summed E-state index contributed by atoms with van der Waals surface area (Å²) in [4.78, 5) is 5.05. The predicted octanol–water partition coefficient (Wildman–Crippen LogP) is 1.56. The van der Waals surface area contributed by atoms with Gasteiger partial charge in [0.05, 0.1) is 12.7 Å². The van der Waals surface area contributed by atoms with Crippen LogP contribution in [-0.2, 0) is 4.74 Å². The third kappa shape index (κ3) is 4.69. The fraction of sp³-hybridized carbons (Fsp3) is 1.00. The Morgan fingerprint density at radius 1 is 1.20 bits per heavy atom. The third-order valence-corrected chi connectivity index (χ3v) is 4.97. The van der Waals surface area contributed by atoms with Crippen LogP contribution in [0.15, 0.2) is 0 Å². The Balaban J connectivity index is 1.71. The molecule has 4 nitrogen and oxygen atoms in total. The lowest BCUT2D eigenvalue weighted by molar-refractivity contribution is -0.0454. The van der Waals surface area contributed by atoms with Crippen molar-refractivity contribution < 1.29 is 4.74 Å². The van der Waals surface area contributed by atoms with Crippen LogP contribution in [0.5, 0.6) is 0 Å². The molecule has 1 heterocycles. The maximum absolute atomic E-state index is 5.94. The molecule has 20 heavy (non-hydrogen) atoms. The summed E-state index contributed by atoms with van der Waals surface area (Å²) in [5.74, 6) is 0. The molecule has 2 aliphatic rings. The van der Waals surface area contributed by atoms with Gasteiger partial charge >= 0.3 is 0 Å². The molecular weight excluding hydrogens is 250 g/mol. The summed E-state index contributed by atoms with van der Waals surface area (Å²) in [6.07, 6.45) is 5.72. The van der Waals surface area contributed by atoms with Crippen LogP contribution in [0.25, 0.3) is 0 Å². The average Bonchev–Trinajstić information content (AvgIpc) is 2.48. The molecule has 0 aromatic carbocycles. The molecule has 0 bridgehead atoms. The van der Waals surface area contributed by atoms with Crippen molar-refractivity contribution in [3.63, 3.8) is 0 Å². The smallest absolute Gasteiger partial charge is 0.0829 e. The van der Waals surface area contributed by atoms with E-state index >= 15 is 0 Å². The van der Waals surface area contributed by atoms with Crippen LogP contribution >= 0.6 is 0 Å². The second-order valence-electron chi connectivity index (χ2n) is 6.39. The lowest BCUT2D eigenvalue weighted by Gasteiger charge is -2.39. The molecule has 1 N–H and O–H groups in total. The first-order valence-corrected chi connectivity index (χ1v) is 8.50. The van der Waals surface area contributed by atoms with Crippen molar-refractivity contribution in [3.8, 4) is 0 Å². The van der Waals surface area contributed by atoms with E-state index in [-0.39, 0.29) is 0 Å². The highest BCUT2D eigenvalue weighted by Crippen LogP contribution is 2.23. The minimum atomic E-state index is 0.403. The second-order valence-corrected chi connectivity index (χ2v) is 6.39. The standard InChI is InChI=1S/C16H33N3O/c1-4-17-14-6-8-15(9-7-14)18(3)12-16-13-19(5-2)10-11-20-16/h14-17H,4-13H2,1-3H3. The van der Waals surface area contributed by atoms with E-state index in [1.807, 2.05) is 0 Å². The first kappa shape index (κ1) is 16.2. The van der Waals surface area contributed by atoms with Crippen molar-refractivity contribution in [2.45, 2.75) is 57.7 Å². The molecule has 0 aromatic heterocycles. The van der Waals surface area contributed by atoms with Crippen LogP contribution < -0.4 is 5.32 Å². The van der Waals surface area contributed by atoms with E-state index in [2.05, 4.69) is 36.0 Å². The molecule has 2 rings (SSSR count). The molecule has 1 atom stereocenters. The van der Waals surface area contributed by atoms with Gasteiger partial charge in [-0.15, -0.1) is 0 Å². The lowest BCUT2D eigenvalue weighted by atomic mass is 9.90. The van der Waals surface area contributed by atoms with Gasteiger partial charge < -0.3 is 15.0 Å². The predicted molar refractivity (Wildman–Crippen MR) is 84.2 cm³/mol. The molecule has 0 aromatic rings. The molecular formula is C16H33N3O. The van der Waals surface area contributed by atoms with Gasteiger partial charge in [-0.05, 0) is 45.8 Å². The summed E-state index contributed by atoms with van der Waals surface area (Å²) in [7, 11) is 2.28. The van der Waals surface area contributed by atoms with Gasteiger partial charge in [0.25, 0.3) is 0 Å². The van der Waals surface area contributed by atoms with Gasteiger partial charge in [-0.25, -0.2) is 0 Å². The Bertz CT molecular complexity index is 266. The topological polar surface area (TPSA) is 27.7 Å². The van der Waals surface area contributed by atoms with Crippen molar-refractivity contribution in [1.82, 2.24) is 15.1 Å². The molecule has 1 saturated heterocycles. The van der Waals surface area contributed by atoms with E-state index in [4.69, 9.17) is 4.74 Å². The van der Waals surface area contributed by atoms with Gasteiger partial charge in [0.2, 0.25) is 0 Å². The van der Waals surface area contributed by atoms with E-state index in [1.54, 1.807) is 0 Å². The number of morpholine rings is 1. The van der Waals surface area contributed by atoms with Crippen LogP contribution in [0.2, 0.25) is 0 Å². The summed E-state index contributed by atoms with van der Waals surface area (Å²) < 4.78 is 5.94. The Hall–Kier alpha value is -0.160. The van der Waals surface area contributed by atoms with Gasteiger partial charge in [0, 0.05) is 31.7 Å². The van der Waals surface area contributed by atoms with Gasteiger partial charge in [0.1, 0.15) is 0 Å². The van der Waals surface area contributed by atoms with E-state index in [1.165, 1.54) is 25.7 Å². The Labute approximate surface area is 124 Å². The molecule has 118 valence electrons. The zero-order valence-corrected chi connectivity index (χ0v) is 13.6. The largest absolute Gasteiger partial charge is 0.374 e. The van der Waals surface area contributed by atoms with Crippen LogP contribution in [0, 0.1) is 0 Å². The van der Waals surface area contributed by atoms with Crippen molar-refractivity contribution in [3.05, 3.63) is 0 Å². The van der Waals surface area contributed by atoms with E-state index < -0.39 is 0 Å². The molecule has 0 spiro atoms. The molecule has 1 unspecified atom stereocenters. The fourth-order valence-electron chi connectivity index (χ4n) is 3.66. The molecule has 0 amide bonds. The Kier molecular flexibility index (Phi) is 6.75. The van der Waals surface area contributed by atoms with Gasteiger partial charge in [-0.2, -0.15) is 0 Å². The van der Waals surface area contributed by atoms with Crippen molar-refractivity contribution in [2.75, 3.05) is 46.4 Å². The maximum atomic E-state index is 5.94. The van der Waals surface area contributed by atoms with Gasteiger partial charge in [0.15, 0.2) is 0 Å². The molecule has 0 radical (unpaired) electrons. The molecule has 1 aliphatic carbocycles. The quantitative estimate of drug-likeness (QED) is 0.801. The van der Waals surface area contributed by atoms with E-state index in [0.717, 1.165) is 51.4 Å². The molecule has 1 aliphatic heterocycles. The lowest BCUT2D eigenvalue weighted by Crippen LogP contribution is -2.49. The monoisotopic (exact) mass is 283 g/mol. The highest BCUT2D eigenvalue weighted by molar-refractivity contribution is 4.83. The van der Waals surface area contributed by atoms with Crippen molar-refractivity contribution >= 4 is 0 Å². The summed E-state index contributed by atoms with van der Waals surface area (Å²) in [6.45, 7) is 10.9. The van der Waals surface area contributed by atoms with Crippen molar-refractivity contribution in [2.24, 2.45) is 0 Å². The first-order chi connectivity index (χ1) is 9.72. The van der Waals surface area contributed by atoms with Gasteiger partial charge in [-0.3, -0.25) is 4.90 Å². The summed E-state index contributed by atoms with van der Waals surface area (Å²) >= 11 is 0. The highest BCUT2D eigenvalue weighted by atomic mass is 16.5. The number of ether oxygens (including phenoxy) is 1. The van der Waals surface area contributed by atoms with Crippen LogP contribution in [-0.4, -0.2) is 74.4 Å². The minimum absolute atomic E-state index is 0.403. The van der Waals surface area contributed by atoms with E-state index in [0.29, 0.717) is 6.10 Å². The number of likely N-dealkylation sites (N-methyl/N-ethyl adjacent to an activating group) is 2. The second kappa shape index (κ2) is 8.32. The third-order valence-electron chi connectivity index (χ3n) is 4.97. The highest BCUT2D eigenvalue weighted by Gasteiger charge is 2.27. The van der Waals surface area contributed by atoms with Crippen LogP contribution in [0.1, 0.15) is 39.5 Å². The van der Waals surface area contributed by atoms with Crippen LogP contribution in [0.4, 0.5) is 0 Å². The molecule has 1 saturated carbocycles. The number of hydrogen-bond donors (Lipinski definition) is 1. The summed E-state index contributed by atoms with van der Waals surface area (Å²) in [5, 5.41) is 3.59. The zero-order chi connectivity index (χ0) is 14.4. The summed E-state index contributed by atoms with van der Waals surface area (Å²) in [6, 6.07) is 1.51. The van der Waals surface area contributed by atoms with E-state index in [9.17, 15) is 0 Å².